The number of aliphatic hydroxyl groups excluding tert-OH is 1. The van der Waals surface area contributed by atoms with Gasteiger partial charge in [-0.2, -0.15) is 0 Å². The van der Waals surface area contributed by atoms with Crippen LogP contribution in [0, 0.1) is 0 Å². The van der Waals surface area contributed by atoms with Crippen LogP contribution in [0.1, 0.15) is 31.1 Å². The van der Waals surface area contributed by atoms with Crippen LogP contribution in [0.2, 0.25) is 0 Å². The average Bonchev–Trinajstić information content (AvgIpc) is 2.60. The molecule has 0 spiro atoms. The maximum absolute atomic E-state index is 12.1. The van der Waals surface area contributed by atoms with Crippen LogP contribution in [0.4, 0.5) is 0 Å². The van der Waals surface area contributed by atoms with Crippen molar-refractivity contribution in [3.05, 3.63) is 35.9 Å². The summed E-state index contributed by atoms with van der Waals surface area (Å²) in [4.78, 5) is 12.1. The number of benzene rings is 1. The topological polar surface area (TPSA) is 76.0 Å². The van der Waals surface area contributed by atoms with Gasteiger partial charge in [-0.05, 0) is 32.9 Å². The summed E-state index contributed by atoms with van der Waals surface area (Å²) in [6.45, 7) is 4.50. The largest absolute Gasteiger partial charge is 0.452 e. The van der Waals surface area contributed by atoms with E-state index in [1.807, 2.05) is 0 Å². The Labute approximate surface area is 118 Å². The van der Waals surface area contributed by atoms with E-state index in [-0.39, 0.29) is 6.61 Å². The quantitative estimate of drug-likeness (QED) is 0.812. The highest BCUT2D eigenvalue weighted by Crippen LogP contribution is 2.40. The Kier molecular flexibility index (Phi) is 3.86. The highest BCUT2D eigenvalue weighted by Gasteiger charge is 2.59. The number of hydrogen-bond acceptors (Lipinski definition) is 5. The smallest absolute Gasteiger partial charge is 0.338 e. The van der Waals surface area contributed by atoms with E-state index in [4.69, 9.17) is 9.47 Å². The predicted octanol–water partition coefficient (Wildman–Crippen LogP) is 1.13. The Balaban J connectivity index is 2.24. The molecular formula is C15H20O5. The van der Waals surface area contributed by atoms with Crippen molar-refractivity contribution in [2.45, 2.75) is 44.2 Å². The lowest BCUT2D eigenvalue weighted by Gasteiger charge is -2.32. The molecule has 0 radical (unpaired) electrons. The third kappa shape index (κ3) is 2.44. The van der Waals surface area contributed by atoms with Gasteiger partial charge in [0.05, 0.1) is 18.3 Å². The van der Waals surface area contributed by atoms with Crippen LogP contribution in [-0.4, -0.2) is 46.2 Å². The van der Waals surface area contributed by atoms with E-state index >= 15 is 0 Å². The molecule has 0 aliphatic carbocycles. The van der Waals surface area contributed by atoms with Gasteiger partial charge in [0.1, 0.15) is 11.2 Å². The van der Waals surface area contributed by atoms with Gasteiger partial charge in [0.25, 0.3) is 0 Å². The molecule has 0 amide bonds. The first-order valence-corrected chi connectivity index (χ1v) is 6.58. The lowest BCUT2D eigenvalue weighted by Crippen LogP contribution is -2.52. The standard InChI is InChI=1S/C15H20O5/c1-10-15(3,18)13(14(2,9-16)20-10)19-12(17)11-7-5-4-6-8-11/h4-8,10,13,16,18H,9H2,1-3H3/t10-,13+,14+,15+/m0/s1. The first kappa shape index (κ1) is 15.0. The maximum atomic E-state index is 12.1. The van der Waals surface area contributed by atoms with Gasteiger partial charge in [0, 0.05) is 0 Å². The number of ether oxygens (including phenoxy) is 2. The summed E-state index contributed by atoms with van der Waals surface area (Å²) in [5.41, 5.74) is -2.09. The van der Waals surface area contributed by atoms with Crippen LogP contribution < -0.4 is 0 Å². The van der Waals surface area contributed by atoms with Gasteiger partial charge in [-0.15, -0.1) is 0 Å². The number of rotatable bonds is 3. The molecule has 1 fully saturated rings. The highest BCUT2D eigenvalue weighted by molar-refractivity contribution is 5.89. The van der Waals surface area contributed by atoms with Crippen LogP contribution in [0.25, 0.3) is 0 Å². The van der Waals surface area contributed by atoms with Crippen molar-refractivity contribution < 1.29 is 24.5 Å². The van der Waals surface area contributed by atoms with E-state index in [0.717, 1.165) is 0 Å². The first-order chi connectivity index (χ1) is 9.31. The summed E-state index contributed by atoms with van der Waals surface area (Å²) in [6.07, 6.45) is -1.49. The fourth-order valence-corrected chi connectivity index (χ4v) is 2.53. The third-order valence-corrected chi connectivity index (χ3v) is 3.90. The van der Waals surface area contributed by atoms with E-state index in [1.165, 1.54) is 0 Å². The van der Waals surface area contributed by atoms with Crippen LogP contribution in [0.3, 0.4) is 0 Å². The molecule has 1 aromatic rings. The molecule has 5 nitrogen and oxygen atoms in total. The third-order valence-electron chi connectivity index (χ3n) is 3.90. The van der Waals surface area contributed by atoms with Crippen molar-refractivity contribution in [2.75, 3.05) is 6.61 Å². The van der Waals surface area contributed by atoms with Crippen LogP contribution >= 0.6 is 0 Å². The van der Waals surface area contributed by atoms with Crippen molar-refractivity contribution in [3.63, 3.8) is 0 Å². The zero-order chi connectivity index (χ0) is 15.0. The summed E-state index contributed by atoms with van der Waals surface area (Å²) in [5.74, 6) is -0.548. The molecule has 0 saturated carbocycles. The predicted molar refractivity (Wildman–Crippen MR) is 72.3 cm³/mol. The molecule has 2 rings (SSSR count). The van der Waals surface area contributed by atoms with Crippen molar-refractivity contribution in [3.8, 4) is 0 Å². The van der Waals surface area contributed by atoms with E-state index < -0.39 is 29.4 Å². The van der Waals surface area contributed by atoms with Gasteiger partial charge < -0.3 is 19.7 Å². The zero-order valence-corrected chi connectivity index (χ0v) is 11.9. The molecule has 1 saturated heterocycles. The number of carbonyl (C=O) groups excluding carboxylic acids is 1. The van der Waals surface area contributed by atoms with Gasteiger partial charge >= 0.3 is 5.97 Å². The molecule has 1 aliphatic rings. The minimum atomic E-state index is -1.36. The van der Waals surface area contributed by atoms with Crippen LogP contribution in [0.5, 0.6) is 0 Å². The molecule has 0 bridgehead atoms. The molecular weight excluding hydrogens is 260 g/mol. The monoisotopic (exact) mass is 280 g/mol. The number of esters is 1. The Morgan fingerprint density at radius 1 is 1.35 bits per heavy atom. The summed E-state index contributed by atoms with van der Waals surface area (Å²) in [6, 6.07) is 8.52. The molecule has 20 heavy (non-hydrogen) atoms. The normalized spacial score (nSPS) is 36.9. The number of carbonyl (C=O) groups is 1. The first-order valence-electron chi connectivity index (χ1n) is 6.58. The van der Waals surface area contributed by atoms with Crippen LogP contribution in [0.15, 0.2) is 30.3 Å². The van der Waals surface area contributed by atoms with Gasteiger partial charge in [-0.25, -0.2) is 4.79 Å². The van der Waals surface area contributed by atoms with Gasteiger partial charge in [-0.1, -0.05) is 18.2 Å². The average molecular weight is 280 g/mol. The SMILES string of the molecule is C[C@@H]1O[C@](C)(CO)[C@@H](OC(=O)c2ccccc2)[C@]1(C)O. The van der Waals surface area contributed by atoms with Crippen molar-refractivity contribution in [2.24, 2.45) is 0 Å². The van der Waals surface area contributed by atoms with E-state index in [0.29, 0.717) is 5.56 Å². The Bertz CT molecular complexity index is 484. The van der Waals surface area contributed by atoms with E-state index in [2.05, 4.69) is 0 Å². The fourth-order valence-electron chi connectivity index (χ4n) is 2.53. The molecule has 1 aromatic carbocycles. The van der Waals surface area contributed by atoms with Crippen molar-refractivity contribution in [1.82, 2.24) is 0 Å². The Morgan fingerprint density at radius 2 is 1.95 bits per heavy atom. The second kappa shape index (κ2) is 5.16. The summed E-state index contributed by atoms with van der Waals surface area (Å²) in [7, 11) is 0. The lowest BCUT2D eigenvalue weighted by atomic mass is 9.87. The minimum absolute atomic E-state index is 0.347. The second-order valence-electron chi connectivity index (χ2n) is 5.61. The molecule has 110 valence electrons. The van der Waals surface area contributed by atoms with Crippen LogP contribution in [-0.2, 0) is 9.47 Å². The Hall–Kier alpha value is -1.43. The van der Waals surface area contributed by atoms with Gasteiger partial charge in [-0.3, -0.25) is 0 Å². The maximum Gasteiger partial charge on any atom is 0.338 e. The Morgan fingerprint density at radius 3 is 2.50 bits per heavy atom. The minimum Gasteiger partial charge on any atom is -0.452 e. The molecule has 1 heterocycles. The van der Waals surface area contributed by atoms with E-state index in [9.17, 15) is 15.0 Å². The molecule has 2 N–H and O–H groups in total. The number of hydrogen-bond donors (Lipinski definition) is 2. The zero-order valence-electron chi connectivity index (χ0n) is 11.9. The van der Waals surface area contributed by atoms with Gasteiger partial charge in [0.2, 0.25) is 0 Å². The number of aliphatic hydroxyl groups is 2. The van der Waals surface area contributed by atoms with Crippen molar-refractivity contribution in [1.29, 1.82) is 0 Å². The van der Waals surface area contributed by atoms with E-state index in [1.54, 1.807) is 51.1 Å². The molecule has 1 aliphatic heterocycles. The highest BCUT2D eigenvalue weighted by atomic mass is 16.6. The summed E-state index contributed by atoms with van der Waals surface area (Å²) in [5, 5.41) is 20.0. The molecule has 0 aromatic heterocycles. The molecule has 5 heteroatoms. The summed E-state index contributed by atoms with van der Waals surface area (Å²) >= 11 is 0. The summed E-state index contributed by atoms with van der Waals surface area (Å²) < 4.78 is 11.0. The fraction of sp³-hybridized carbons (Fsp3) is 0.533. The molecule has 0 unspecified atom stereocenters. The second-order valence-corrected chi connectivity index (χ2v) is 5.61. The molecule has 4 atom stereocenters. The lowest BCUT2D eigenvalue weighted by molar-refractivity contribution is -0.104. The van der Waals surface area contributed by atoms with Gasteiger partial charge in [0.15, 0.2) is 6.10 Å². The van der Waals surface area contributed by atoms with Crippen molar-refractivity contribution >= 4 is 5.97 Å².